The van der Waals surface area contributed by atoms with Crippen LogP contribution in [0.25, 0.3) is 0 Å². The summed E-state index contributed by atoms with van der Waals surface area (Å²) < 4.78 is 10.6. The minimum Gasteiger partial charge on any atom is -0.493 e. The Bertz CT molecular complexity index is 611. The average Bonchev–Trinajstić information content (AvgIpc) is 2.56. The molecule has 0 saturated heterocycles. The molecule has 2 N–H and O–H groups in total. The lowest BCUT2D eigenvalue weighted by Gasteiger charge is -2.18. The Morgan fingerprint density at radius 1 is 0.913 bits per heavy atom. The van der Waals surface area contributed by atoms with Gasteiger partial charge in [0.2, 0.25) is 0 Å². The van der Waals surface area contributed by atoms with E-state index in [1.54, 1.807) is 14.2 Å². The molecule has 0 aromatic heterocycles. The number of nitrogen functional groups attached to an aromatic ring is 1. The van der Waals surface area contributed by atoms with Gasteiger partial charge in [-0.15, -0.1) is 0 Å². The van der Waals surface area contributed by atoms with Gasteiger partial charge in [0.1, 0.15) is 0 Å². The molecule has 0 aliphatic carbocycles. The van der Waals surface area contributed by atoms with Gasteiger partial charge in [-0.1, -0.05) is 18.2 Å². The predicted molar refractivity (Wildman–Crippen MR) is 95.1 cm³/mol. The molecule has 4 nitrogen and oxygen atoms in total. The Balaban J connectivity index is 1.82. The Morgan fingerprint density at radius 3 is 2.22 bits per heavy atom. The summed E-state index contributed by atoms with van der Waals surface area (Å²) in [4.78, 5) is 2.32. The van der Waals surface area contributed by atoms with Crippen molar-refractivity contribution in [3.63, 3.8) is 0 Å². The number of ether oxygens (including phenoxy) is 2. The smallest absolute Gasteiger partial charge is 0.161 e. The third kappa shape index (κ3) is 5.18. The molecule has 0 bridgehead atoms. The number of nitrogens with zero attached hydrogens (tertiary/aromatic N) is 1. The zero-order chi connectivity index (χ0) is 16.7. The van der Waals surface area contributed by atoms with E-state index < -0.39 is 0 Å². The maximum Gasteiger partial charge on any atom is 0.161 e. The molecule has 23 heavy (non-hydrogen) atoms. The summed E-state index contributed by atoms with van der Waals surface area (Å²) >= 11 is 0. The van der Waals surface area contributed by atoms with Crippen LogP contribution in [0, 0.1) is 0 Å². The zero-order valence-corrected chi connectivity index (χ0v) is 14.2. The second kappa shape index (κ2) is 8.44. The van der Waals surface area contributed by atoms with Crippen molar-refractivity contribution in [1.29, 1.82) is 0 Å². The maximum absolute atomic E-state index is 5.71. The minimum absolute atomic E-state index is 0.766. The molecular weight excluding hydrogens is 288 g/mol. The van der Waals surface area contributed by atoms with Crippen molar-refractivity contribution in [3.05, 3.63) is 53.6 Å². The second-order valence-electron chi connectivity index (χ2n) is 5.77. The summed E-state index contributed by atoms with van der Waals surface area (Å²) in [6.45, 7) is 1.93. The second-order valence-corrected chi connectivity index (χ2v) is 5.77. The zero-order valence-electron chi connectivity index (χ0n) is 14.2. The monoisotopic (exact) mass is 314 g/mol. The van der Waals surface area contributed by atoms with Gasteiger partial charge < -0.3 is 20.1 Å². The fraction of sp³-hybridized carbons (Fsp3) is 0.368. The fourth-order valence-corrected chi connectivity index (χ4v) is 2.61. The molecule has 0 spiro atoms. The van der Waals surface area contributed by atoms with E-state index >= 15 is 0 Å². The third-order valence-electron chi connectivity index (χ3n) is 3.89. The van der Waals surface area contributed by atoms with Crippen LogP contribution in [0.15, 0.2) is 42.5 Å². The molecule has 0 aliphatic heterocycles. The highest BCUT2D eigenvalue weighted by Gasteiger charge is 2.06. The van der Waals surface area contributed by atoms with Crippen molar-refractivity contribution < 1.29 is 9.47 Å². The van der Waals surface area contributed by atoms with Crippen LogP contribution in [-0.4, -0.2) is 32.7 Å². The van der Waals surface area contributed by atoms with Gasteiger partial charge in [-0.25, -0.2) is 0 Å². The number of hydrogen-bond donors (Lipinski definition) is 1. The predicted octanol–water partition coefficient (Wildman–Crippen LogP) is 3.35. The van der Waals surface area contributed by atoms with Gasteiger partial charge in [0.15, 0.2) is 11.5 Å². The number of aryl methyl sites for hydroxylation is 1. The molecule has 0 unspecified atom stereocenters. The molecule has 2 aromatic carbocycles. The topological polar surface area (TPSA) is 47.7 Å². The maximum atomic E-state index is 5.71. The van der Waals surface area contributed by atoms with Crippen LogP contribution in [0.1, 0.15) is 17.5 Å². The van der Waals surface area contributed by atoms with Crippen molar-refractivity contribution in [2.75, 3.05) is 33.5 Å². The first-order chi connectivity index (χ1) is 11.1. The molecule has 0 saturated carbocycles. The summed E-state index contributed by atoms with van der Waals surface area (Å²) in [6.07, 6.45) is 2.18. The van der Waals surface area contributed by atoms with Gasteiger partial charge in [0.05, 0.1) is 14.2 Å². The van der Waals surface area contributed by atoms with E-state index in [0.717, 1.165) is 43.1 Å². The SMILES string of the molecule is COc1ccc(CN(C)CCCc2ccc(N)cc2)cc1OC. The molecule has 0 fully saturated rings. The molecule has 4 heteroatoms. The van der Waals surface area contributed by atoms with Gasteiger partial charge in [0.25, 0.3) is 0 Å². The number of methoxy groups -OCH3 is 2. The van der Waals surface area contributed by atoms with E-state index in [1.807, 2.05) is 24.3 Å². The van der Waals surface area contributed by atoms with E-state index in [4.69, 9.17) is 15.2 Å². The number of nitrogens with two attached hydrogens (primary N) is 1. The van der Waals surface area contributed by atoms with Gasteiger partial charge in [-0.2, -0.15) is 0 Å². The van der Waals surface area contributed by atoms with Crippen LogP contribution in [0.5, 0.6) is 11.5 Å². The van der Waals surface area contributed by atoms with E-state index in [-0.39, 0.29) is 0 Å². The Labute approximate surface area is 138 Å². The first kappa shape index (κ1) is 17.2. The van der Waals surface area contributed by atoms with Crippen molar-refractivity contribution >= 4 is 5.69 Å². The average molecular weight is 314 g/mol. The fourth-order valence-electron chi connectivity index (χ4n) is 2.61. The molecule has 0 amide bonds. The van der Waals surface area contributed by atoms with Crippen LogP contribution in [-0.2, 0) is 13.0 Å². The highest BCUT2D eigenvalue weighted by atomic mass is 16.5. The number of hydrogen-bond acceptors (Lipinski definition) is 4. The van der Waals surface area contributed by atoms with E-state index in [1.165, 1.54) is 11.1 Å². The Hall–Kier alpha value is -2.20. The molecule has 0 heterocycles. The van der Waals surface area contributed by atoms with Gasteiger partial charge >= 0.3 is 0 Å². The van der Waals surface area contributed by atoms with Gasteiger partial charge in [-0.3, -0.25) is 0 Å². The molecule has 2 aromatic rings. The summed E-state index contributed by atoms with van der Waals surface area (Å²) in [5.41, 5.74) is 9.08. The highest BCUT2D eigenvalue weighted by Crippen LogP contribution is 2.27. The summed E-state index contributed by atoms with van der Waals surface area (Å²) in [5, 5.41) is 0. The highest BCUT2D eigenvalue weighted by molar-refractivity contribution is 5.43. The summed E-state index contributed by atoms with van der Waals surface area (Å²) in [7, 11) is 5.46. The molecule has 0 aliphatic rings. The number of rotatable bonds is 8. The standard InChI is InChI=1S/C19H26N2O2/c1-21(12-4-5-15-6-9-17(20)10-7-15)14-16-8-11-18(22-2)19(13-16)23-3/h6-11,13H,4-5,12,14,20H2,1-3H3. The molecule has 124 valence electrons. The Morgan fingerprint density at radius 2 is 1.57 bits per heavy atom. The van der Waals surface area contributed by atoms with Crippen molar-refractivity contribution in [2.45, 2.75) is 19.4 Å². The quantitative estimate of drug-likeness (QED) is 0.759. The van der Waals surface area contributed by atoms with Crippen molar-refractivity contribution in [2.24, 2.45) is 0 Å². The largest absolute Gasteiger partial charge is 0.493 e. The molecule has 2 rings (SSSR count). The summed E-state index contributed by atoms with van der Waals surface area (Å²) in [5.74, 6) is 1.54. The van der Waals surface area contributed by atoms with Crippen molar-refractivity contribution in [1.82, 2.24) is 4.90 Å². The number of anilines is 1. The molecule has 0 atom stereocenters. The minimum atomic E-state index is 0.766. The first-order valence-corrected chi connectivity index (χ1v) is 7.86. The first-order valence-electron chi connectivity index (χ1n) is 7.86. The van der Waals surface area contributed by atoms with Gasteiger partial charge in [-0.05, 0) is 61.8 Å². The van der Waals surface area contributed by atoms with Crippen LogP contribution in [0.4, 0.5) is 5.69 Å². The lowest BCUT2D eigenvalue weighted by Crippen LogP contribution is -2.19. The third-order valence-corrected chi connectivity index (χ3v) is 3.89. The molecular formula is C19H26N2O2. The lowest BCUT2D eigenvalue weighted by molar-refractivity contribution is 0.319. The Kier molecular flexibility index (Phi) is 6.29. The van der Waals surface area contributed by atoms with Gasteiger partial charge in [0, 0.05) is 12.2 Å². The van der Waals surface area contributed by atoms with E-state index in [0.29, 0.717) is 0 Å². The normalized spacial score (nSPS) is 10.8. The number of benzene rings is 2. The van der Waals surface area contributed by atoms with E-state index in [9.17, 15) is 0 Å². The molecule has 0 radical (unpaired) electrons. The van der Waals surface area contributed by atoms with Crippen LogP contribution >= 0.6 is 0 Å². The van der Waals surface area contributed by atoms with Crippen LogP contribution < -0.4 is 15.2 Å². The van der Waals surface area contributed by atoms with Crippen LogP contribution in [0.2, 0.25) is 0 Å². The van der Waals surface area contributed by atoms with Crippen LogP contribution in [0.3, 0.4) is 0 Å². The van der Waals surface area contributed by atoms with E-state index in [2.05, 4.69) is 30.1 Å². The summed E-state index contributed by atoms with van der Waals surface area (Å²) in [6, 6.07) is 14.2. The van der Waals surface area contributed by atoms with Crippen molar-refractivity contribution in [3.8, 4) is 11.5 Å². The lowest BCUT2D eigenvalue weighted by atomic mass is 10.1.